The van der Waals surface area contributed by atoms with E-state index < -0.39 is 5.54 Å². The van der Waals surface area contributed by atoms with E-state index in [-0.39, 0.29) is 0 Å². The smallest absolute Gasteiger partial charge is 0.142 e. The summed E-state index contributed by atoms with van der Waals surface area (Å²) in [5.74, 6) is 0. The molecule has 0 amide bonds. The Balaban J connectivity index is 1.87. The molecule has 2 fully saturated rings. The summed E-state index contributed by atoms with van der Waals surface area (Å²) in [6.45, 7) is 2.15. The van der Waals surface area contributed by atoms with Crippen molar-refractivity contribution in [1.29, 1.82) is 5.26 Å². The van der Waals surface area contributed by atoms with Crippen molar-refractivity contribution in [3.63, 3.8) is 0 Å². The van der Waals surface area contributed by atoms with Gasteiger partial charge in [-0.15, -0.1) is 0 Å². The molecule has 0 aliphatic carbocycles. The third kappa shape index (κ3) is 1.86. The molecule has 1 N–H and O–H groups in total. The predicted octanol–water partition coefficient (Wildman–Crippen LogP) is 2.88. The van der Waals surface area contributed by atoms with Crippen LogP contribution in [0.2, 0.25) is 5.02 Å². The molecule has 1 aromatic carbocycles. The second-order valence-electron chi connectivity index (χ2n) is 5.16. The number of halogens is 1. The Hall–Kier alpha value is -1.24. The summed E-state index contributed by atoms with van der Waals surface area (Å²) >= 11 is 6.00. The number of benzene rings is 1. The molecule has 2 atom stereocenters. The second-order valence-corrected chi connectivity index (χ2v) is 5.60. The first-order valence-electron chi connectivity index (χ1n) is 6.43. The van der Waals surface area contributed by atoms with Gasteiger partial charge in [0.25, 0.3) is 0 Å². The Morgan fingerprint density at radius 3 is 3.11 bits per heavy atom. The van der Waals surface area contributed by atoms with E-state index in [4.69, 9.17) is 11.6 Å². The lowest BCUT2D eigenvalue weighted by molar-refractivity contribution is 0.301. The van der Waals surface area contributed by atoms with Gasteiger partial charge < -0.3 is 5.32 Å². The van der Waals surface area contributed by atoms with E-state index in [0.29, 0.717) is 11.1 Å². The number of anilines is 1. The van der Waals surface area contributed by atoms with Gasteiger partial charge in [-0.05, 0) is 44.0 Å². The molecule has 2 aliphatic rings. The van der Waals surface area contributed by atoms with Crippen molar-refractivity contribution in [3.05, 3.63) is 29.3 Å². The minimum Gasteiger partial charge on any atom is -0.366 e. The molecule has 0 bridgehead atoms. The number of nitriles is 1. The summed E-state index contributed by atoms with van der Waals surface area (Å²) in [5.41, 5.74) is 0.499. The van der Waals surface area contributed by atoms with E-state index in [9.17, 15) is 5.26 Å². The molecule has 0 radical (unpaired) electrons. The SMILES string of the molecule is N#CC1(Nc2cccc(Cl)c2)CCN2CCCC21. The van der Waals surface area contributed by atoms with Gasteiger partial charge in [0.1, 0.15) is 5.54 Å². The minimum absolute atomic E-state index is 0.349. The largest absolute Gasteiger partial charge is 0.366 e. The molecule has 1 aromatic rings. The van der Waals surface area contributed by atoms with Gasteiger partial charge in [-0.25, -0.2) is 0 Å². The van der Waals surface area contributed by atoms with Gasteiger partial charge in [0.15, 0.2) is 0 Å². The van der Waals surface area contributed by atoms with Gasteiger partial charge in [0.05, 0.1) is 6.07 Å². The van der Waals surface area contributed by atoms with E-state index >= 15 is 0 Å². The quantitative estimate of drug-likeness (QED) is 0.890. The number of hydrogen-bond acceptors (Lipinski definition) is 3. The Morgan fingerprint density at radius 2 is 2.33 bits per heavy atom. The fourth-order valence-electron chi connectivity index (χ4n) is 3.27. The summed E-state index contributed by atoms with van der Waals surface area (Å²) in [7, 11) is 0. The maximum atomic E-state index is 9.62. The molecule has 3 nitrogen and oxygen atoms in total. The molecule has 3 rings (SSSR count). The van der Waals surface area contributed by atoms with Crippen LogP contribution in [0.1, 0.15) is 19.3 Å². The third-order valence-corrected chi connectivity index (χ3v) is 4.35. The van der Waals surface area contributed by atoms with Crippen LogP contribution in [0, 0.1) is 11.3 Å². The molecule has 4 heteroatoms. The maximum absolute atomic E-state index is 9.62. The lowest BCUT2D eigenvalue weighted by Crippen LogP contribution is -2.46. The number of nitrogens with one attached hydrogen (secondary N) is 1. The van der Waals surface area contributed by atoms with Crippen molar-refractivity contribution in [3.8, 4) is 6.07 Å². The highest BCUT2D eigenvalue weighted by molar-refractivity contribution is 6.30. The summed E-state index contributed by atoms with van der Waals surface area (Å²) in [6.07, 6.45) is 3.20. The summed E-state index contributed by atoms with van der Waals surface area (Å²) in [5, 5.41) is 13.8. The first kappa shape index (κ1) is 11.8. The zero-order valence-corrected chi connectivity index (χ0v) is 11.0. The van der Waals surface area contributed by atoms with Crippen molar-refractivity contribution in [2.45, 2.75) is 30.8 Å². The first-order valence-corrected chi connectivity index (χ1v) is 6.80. The molecule has 0 spiro atoms. The van der Waals surface area contributed by atoms with Crippen LogP contribution in [-0.4, -0.2) is 29.6 Å². The lowest BCUT2D eigenvalue weighted by Gasteiger charge is -2.30. The fraction of sp³-hybridized carbons (Fsp3) is 0.500. The number of fused-ring (bicyclic) bond motifs is 1. The monoisotopic (exact) mass is 261 g/mol. The molecule has 0 saturated carbocycles. The van der Waals surface area contributed by atoms with Crippen LogP contribution in [0.25, 0.3) is 0 Å². The van der Waals surface area contributed by atoms with E-state index in [2.05, 4.69) is 16.3 Å². The summed E-state index contributed by atoms with van der Waals surface area (Å²) in [6, 6.07) is 10.5. The first-order chi connectivity index (χ1) is 8.73. The van der Waals surface area contributed by atoms with E-state index in [1.54, 1.807) is 0 Å². The van der Waals surface area contributed by atoms with Crippen LogP contribution >= 0.6 is 11.6 Å². The summed E-state index contributed by atoms with van der Waals surface area (Å²) < 4.78 is 0. The highest BCUT2D eigenvalue weighted by Crippen LogP contribution is 2.38. The van der Waals surface area contributed by atoms with Crippen LogP contribution in [0.5, 0.6) is 0 Å². The summed E-state index contributed by atoms with van der Waals surface area (Å²) in [4.78, 5) is 2.43. The van der Waals surface area contributed by atoms with Crippen molar-refractivity contribution in [2.75, 3.05) is 18.4 Å². The predicted molar refractivity (Wildman–Crippen MR) is 72.6 cm³/mol. The van der Waals surface area contributed by atoms with E-state index in [0.717, 1.165) is 31.6 Å². The Labute approximate surface area is 112 Å². The van der Waals surface area contributed by atoms with Crippen LogP contribution in [-0.2, 0) is 0 Å². The fourth-order valence-corrected chi connectivity index (χ4v) is 3.46. The van der Waals surface area contributed by atoms with Gasteiger partial charge >= 0.3 is 0 Å². The zero-order chi connectivity index (χ0) is 12.6. The third-order valence-electron chi connectivity index (χ3n) is 4.12. The van der Waals surface area contributed by atoms with Crippen molar-refractivity contribution in [1.82, 2.24) is 4.90 Å². The van der Waals surface area contributed by atoms with E-state index in [1.165, 1.54) is 6.42 Å². The second kappa shape index (κ2) is 4.46. The van der Waals surface area contributed by atoms with Crippen LogP contribution in [0.15, 0.2) is 24.3 Å². The lowest BCUT2D eigenvalue weighted by atomic mass is 9.90. The number of rotatable bonds is 2. The minimum atomic E-state index is -0.443. The van der Waals surface area contributed by atoms with Gasteiger partial charge in [-0.1, -0.05) is 17.7 Å². The number of nitrogens with zero attached hydrogens (tertiary/aromatic N) is 2. The van der Waals surface area contributed by atoms with Gasteiger partial charge in [0.2, 0.25) is 0 Å². The maximum Gasteiger partial charge on any atom is 0.142 e. The molecule has 2 aliphatic heterocycles. The van der Waals surface area contributed by atoms with Crippen LogP contribution < -0.4 is 5.32 Å². The average Bonchev–Trinajstić information content (AvgIpc) is 2.93. The van der Waals surface area contributed by atoms with Crippen LogP contribution in [0.3, 0.4) is 0 Å². The van der Waals surface area contributed by atoms with Crippen LogP contribution in [0.4, 0.5) is 5.69 Å². The standard InChI is InChI=1S/C14H16ClN3/c15-11-3-1-4-12(9-11)17-14(10-16)6-8-18-7-2-5-13(14)18/h1,3-4,9,13,17H,2,5-8H2. The average molecular weight is 262 g/mol. The van der Waals surface area contributed by atoms with Crippen molar-refractivity contribution < 1.29 is 0 Å². The molecule has 2 saturated heterocycles. The normalized spacial score (nSPS) is 31.0. The molecular formula is C14H16ClN3. The topological polar surface area (TPSA) is 39.1 Å². The highest BCUT2D eigenvalue weighted by Gasteiger charge is 2.49. The molecule has 2 heterocycles. The Morgan fingerprint density at radius 1 is 1.44 bits per heavy atom. The van der Waals surface area contributed by atoms with Gasteiger partial charge in [-0.3, -0.25) is 4.90 Å². The molecule has 0 aromatic heterocycles. The van der Waals surface area contributed by atoms with Gasteiger partial charge in [-0.2, -0.15) is 5.26 Å². The molecule has 94 valence electrons. The van der Waals surface area contributed by atoms with Gasteiger partial charge in [0, 0.05) is 23.3 Å². The highest BCUT2D eigenvalue weighted by atomic mass is 35.5. The molecule has 18 heavy (non-hydrogen) atoms. The van der Waals surface area contributed by atoms with Crippen molar-refractivity contribution in [2.24, 2.45) is 0 Å². The van der Waals surface area contributed by atoms with E-state index in [1.807, 2.05) is 24.3 Å². The molecular weight excluding hydrogens is 246 g/mol. The molecule has 2 unspecified atom stereocenters. The van der Waals surface area contributed by atoms with Crippen molar-refractivity contribution >= 4 is 17.3 Å². The zero-order valence-electron chi connectivity index (χ0n) is 10.2. The number of hydrogen-bond donors (Lipinski definition) is 1. The Kier molecular flexibility index (Phi) is 2.93. The Bertz CT molecular complexity index is 496.